The number of nitrogens with one attached hydrogen (secondary N) is 1. The second-order valence-corrected chi connectivity index (χ2v) is 5.00. The summed E-state index contributed by atoms with van der Waals surface area (Å²) in [6, 6.07) is 0. The van der Waals surface area contributed by atoms with Crippen LogP contribution in [0.3, 0.4) is 0 Å². The molecule has 0 aromatic heterocycles. The third-order valence-corrected chi connectivity index (χ3v) is 3.69. The first-order chi connectivity index (χ1) is 7.14. The molecule has 1 saturated heterocycles. The number of carbonyl (C=O) groups is 1. The lowest BCUT2D eigenvalue weighted by Gasteiger charge is -2.28. The largest absolute Gasteiger partial charge is 0.305 e. The van der Waals surface area contributed by atoms with Crippen LogP contribution in [0.1, 0.15) is 59.3 Å². The molecule has 1 aliphatic rings. The molecule has 0 amide bonds. The highest BCUT2D eigenvalue weighted by atomic mass is 16.1. The van der Waals surface area contributed by atoms with Crippen LogP contribution >= 0.6 is 0 Å². The van der Waals surface area contributed by atoms with E-state index in [1.807, 2.05) is 0 Å². The van der Waals surface area contributed by atoms with Crippen LogP contribution in [0.4, 0.5) is 0 Å². The zero-order valence-electron chi connectivity index (χ0n) is 10.4. The summed E-state index contributed by atoms with van der Waals surface area (Å²) < 4.78 is 0. The molecule has 1 aliphatic heterocycles. The first kappa shape index (κ1) is 12.7. The number of ketones is 1. The molecule has 0 spiro atoms. The normalized spacial score (nSPS) is 27.9. The third-order valence-electron chi connectivity index (χ3n) is 3.69. The van der Waals surface area contributed by atoms with E-state index in [1.165, 1.54) is 0 Å². The lowest BCUT2D eigenvalue weighted by atomic mass is 9.83. The summed E-state index contributed by atoms with van der Waals surface area (Å²) in [6.45, 7) is 7.52. The van der Waals surface area contributed by atoms with Gasteiger partial charge in [-0.1, -0.05) is 33.6 Å². The molecular formula is C13H25NO. The number of carbonyl (C=O) groups excluding carboxylic acids is 1. The Balaban J connectivity index is 2.59. The fraction of sp³-hybridized carbons (Fsp3) is 0.923. The van der Waals surface area contributed by atoms with Crippen molar-refractivity contribution in [2.24, 2.45) is 5.92 Å². The Kier molecular flexibility index (Phi) is 4.78. The Hall–Kier alpha value is -0.370. The van der Waals surface area contributed by atoms with Crippen LogP contribution in [-0.2, 0) is 4.79 Å². The van der Waals surface area contributed by atoms with Gasteiger partial charge in [0.05, 0.1) is 5.54 Å². The van der Waals surface area contributed by atoms with Gasteiger partial charge in [0.15, 0.2) is 5.78 Å². The van der Waals surface area contributed by atoms with Crippen molar-refractivity contribution >= 4 is 5.78 Å². The fourth-order valence-corrected chi connectivity index (χ4v) is 2.48. The minimum atomic E-state index is -0.155. The van der Waals surface area contributed by atoms with Gasteiger partial charge in [0, 0.05) is 6.42 Å². The molecule has 1 fully saturated rings. The van der Waals surface area contributed by atoms with Crippen molar-refractivity contribution in [1.82, 2.24) is 5.32 Å². The molecule has 2 unspecified atom stereocenters. The average molecular weight is 211 g/mol. The summed E-state index contributed by atoms with van der Waals surface area (Å²) in [4.78, 5) is 12.3. The molecule has 88 valence electrons. The number of rotatable bonds is 6. The van der Waals surface area contributed by atoms with Crippen molar-refractivity contribution < 1.29 is 4.79 Å². The second kappa shape index (κ2) is 5.64. The van der Waals surface area contributed by atoms with E-state index in [9.17, 15) is 4.79 Å². The Bertz CT molecular complexity index is 207. The Labute approximate surface area is 93.8 Å². The average Bonchev–Trinajstić information content (AvgIpc) is 2.68. The van der Waals surface area contributed by atoms with E-state index >= 15 is 0 Å². The van der Waals surface area contributed by atoms with Gasteiger partial charge in [0.2, 0.25) is 0 Å². The molecular weight excluding hydrogens is 186 g/mol. The van der Waals surface area contributed by atoms with Crippen LogP contribution in [0.15, 0.2) is 0 Å². The molecule has 1 heterocycles. The summed E-state index contributed by atoms with van der Waals surface area (Å²) in [6.07, 6.45) is 6.18. The molecule has 1 N–H and O–H groups in total. The summed E-state index contributed by atoms with van der Waals surface area (Å²) in [5.74, 6) is 0.991. The molecule has 0 saturated carbocycles. The van der Waals surface area contributed by atoms with E-state index in [0.29, 0.717) is 11.7 Å². The number of hydrogen-bond donors (Lipinski definition) is 1. The zero-order valence-corrected chi connectivity index (χ0v) is 10.4. The van der Waals surface area contributed by atoms with Gasteiger partial charge in [-0.05, 0) is 31.7 Å². The van der Waals surface area contributed by atoms with E-state index in [0.717, 1.165) is 45.1 Å². The maximum atomic E-state index is 12.3. The van der Waals surface area contributed by atoms with E-state index in [-0.39, 0.29) is 5.54 Å². The van der Waals surface area contributed by atoms with Gasteiger partial charge >= 0.3 is 0 Å². The molecule has 0 radical (unpaired) electrons. The second-order valence-electron chi connectivity index (χ2n) is 5.00. The van der Waals surface area contributed by atoms with Gasteiger partial charge in [-0.3, -0.25) is 4.79 Å². The molecule has 2 heteroatoms. The molecule has 2 nitrogen and oxygen atoms in total. The minimum absolute atomic E-state index is 0.155. The van der Waals surface area contributed by atoms with E-state index in [1.54, 1.807) is 0 Å². The van der Waals surface area contributed by atoms with Crippen molar-refractivity contribution in [3.63, 3.8) is 0 Å². The van der Waals surface area contributed by atoms with Crippen LogP contribution in [0.25, 0.3) is 0 Å². The summed E-state index contributed by atoms with van der Waals surface area (Å²) in [5, 5.41) is 3.45. The monoisotopic (exact) mass is 211 g/mol. The molecule has 0 aromatic rings. The Morgan fingerprint density at radius 1 is 1.47 bits per heavy atom. The molecule has 2 atom stereocenters. The predicted octanol–water partition coefficient (Wildman–Crippen LogP) is 2.91. The first-order valence-corrected chi connectivity index (χ1v) is 6.43. The van der Waals surface area contributed by atoms with Gasteiger partial charge in [0.25, 0.3) is 0 Å². The third kappa shape index (κ3) is 3.04. The standard InChI is InChI=1S/C13H25NO/c1-4-7-13(8-6-9-14-13)12(15)10-11(3)5-2/h11,14H,4-10H2,1-3H3. The van der Waals surface area contributed by atoms with E-state index in [4.69, 9.17) is 0 Å². The molecule has 15 heavy (non-hydrogen) atoms. The van der Waals surface area contributed by atoms with Crippen LogP contribution in [0.2, 0.25) is 0 Å². The van der Waals surface area contributed by atoms with E-state index in [2.05, 4.69) is 26.1 Å². The number of Topliss-reactive ketones (excluding diaryl/α,β-unsaturated/α-hetero) is 1. The first-order valence-electron chi connectivity index (χ1n) is 6.43. The molecule has 0 aliphatic carbocycles. The topological polar surface area (TPSA) is 29.1 Å². The molecule has 0 bridgehead atoms. The van der Waals surface area contributed by atoms with Crippen LogP contribution in [0, 0.1) is 5.92 Å². The van der Waals surface area contributed by atoms with Crippen molar-refractivity contribution in [3.8, 4) is 0 Å². The van der Waals surface area contributed by atoms with Crippen LogP contribution in [-0.4, -0.2) is 17.9 Å². The summed E-state index contributed by atoms with van der Waals surface area (Å²) in [5.41, 5.74) is -0.155. The van der Waals surface area contributed by atoms with Crippen LogP contribution in [0.5, 0.6) is 0 Å². The minimum Gasteiger partial charge on any atom is -0.305 e. The van der Waals surface area contributed by atoms with Crippen molar-refractivity contribution in [3.05, 3.63) is 0 Å². The predicted molar refractivity (Wildman–Crippen MR) is 64.0 cm³/mol. The van der Waals surface area contributed by atoms with E-state index < -0.39 is 0 Å². The zero-order chi connectivity index (χ0) is 11.3. The van der Waals surface area contributed by atoms with Crippen molar-refractivity contribution in [1.29, 1.82) is 0 Å². The molecule has 0 aromatic carbocycles. The van der Waals surface area contributed by atoms with Gasteiger partial charge in [-0.25, -0.2) is 0 Å². The summed E-state index contributed by atoms with van der Waals surface area (Å²) >= 11 is 0. The highest BCUT2D eigenvalue weighted by Gasteiger charge is 2.39. The SMILES string of the molecule is CCCC1(C(=O)CC(C)CC)CCCN1. The maximum absolute atomic E-state index is 12.3. The highest BCUT2D eigenvalue weighted by molar-refractivity contribution is 5.88. The fourth-order valence-electron chi connectivity index (χ4n) is 2.48. The maximum Gasteiger partial charge on any atom is 0.153 e. The Morgan fingerprint density at radius 3 is 2.67 bits per heavy atom. The van der Waals surface area contributed by atoms with Gasteiger partial charge in [0.1, 0.15) is 0 Å². The lowest BCUT2D eigenvalue weighted by Crippen LogP contribution is -2.47. The smallest absolute Gasteiger partial charge is 0.153 e. The lowest BCUT2D eigenvalue weighted by molar-refractivity contribution is -0.126. The Morgan fingerprint density at radius 2 is 2.20 bits per heavy atom. The van der Waals surface area contributed by atoms with Gasteiger partial charge in [-0.15, -0.1) is 0 Å². The van der Waals surface area contributed by atoms with Crippen molar-refractivity contribution in [2.75, 3.05) is 6.54 Å². The van der Waals surface area contributed by atoms with Gasteiger partial charge < -0.3 is 5.32 Å². The van der Waals surface area contributed by atoms with Crippen LogP contribution < -0.4 is 5.32 Å². The van der Waals surface area contributed by atoms with Gasteiger partial charge in [-0.2, -0.15) is 0 Å². The number of hydrogen-bond acceptors (Lipinski definition) is 2. The summed E-state index contributed by atoms with van der Waals surface area (Å²) in [7, 11) is 0. The molecule has 1 rings (SSSR count). The quantitative estimate of drug-likeness (QED) is 0.732. The van der Waals surface area contributed by atoms with Crippen molar-refractivity contribution in [2.45, 2.75) is 64.8 Å². The highest BCUT2D eigenvalue weighted by Crippen LogP contribution is 2.28.